The lowest BCUT2D eigenvalue weighted by Crippen LogP contribution is -2.37. The van der Waals surface area contributed by atoms with E-state index in [4.69, 9.17) is 11.6 Å². The Labute approximate surface area is 122 Å². The van der Waals surface area contributed by atoms with Crippen LogP contribution in [0, 0.1) is 5.92 Å². The zero-order valence-electron chi connectivity index (χ0n) is 10.4. The number of hydrogen-bond donors (Lipinski definition) is 1. The molecular formula is C12H17BrClNO2S. The summed E-state index contributed by atoms with van der Waals surface area (Å²) in [5.41, 5.74) is 0. The van der Waals surface area contributed by atoms with Crippen molar-refractivity contribution in [2.24, 2.45) is 5.92 Å². The second kappa shape index (κ2) is 6.89. The van der Waals surface area contributed by atoms with E-state index in [1.165, 1.54) is 0 Å². The summed E-state index contributed by atoms with van der Waals surface area (Å²) in [5.74, 6) is 0.651. The van der Waals surface area contributed by atoms with Crippen LogP contribution in [0.15, 0.2) is 33.6 Å². The van der Waals surface area contributed by atoms with Crippen LogP contribution in [-0.2, 0) is 10.0 Å². The van der Waals surface area contributed by atoms with Crippen molar-refractivity contribution in [1.29, 1.82) is 0 Å². The molecule has 0 bridgehead atoms. The summed E-state index contributed by atoms with van der Waals surface area (Å²) in [6.45, 7) is 4.07. The molecule has 0 saturated carbocycles. The van der Waals surface area contributed by atoms with Crippen LogP contribution < -0.4 is 4.72 Å². The van der Waals surface area contributed by atoms with E-state index in [-0.39, 0.29) is 16.8 Å². The average Bonchev–Trinajstić information content (AvgIpc) is 2.27. The number of halogens is 2. The minimum atomic E-state index is -3.53. The number of rotatable bonds is 6. The van der Waals surface area contributed by atoms with Gasteiger partial charge in [0, 0.05) is 16.4 Å². The summed E-state index contributed by atoms with van der Waals surface area (Å²) >= 11 is 9.05. The summed E-state index contributed by atoms with van der Waals surface area (Å²) in [4.78, 5) is 0.240. The molecule has 1 atom stereocenters. The van der Waals surface area contributed by atoms with Crippen LogP contribution in [0.2, 0.25) is 0 Å². The molecule has 0 aliphatic carbocycles. The van der Waals surface area contributed by atoms with Gasteiger partial charge in [-0.1, -0.05) is 26.0 Å². The first-order valence-corrected chi connectivity index (χ1v) is 8.50. The van der Waals surface area contributed by atoms with Gasteiger partial charge in [0.25, 0.3) is 0 Å². The second-order valence-corrected chi connectivity index (χ2v) is 7.38. The molecule has 1 unspecified atom stereocenters. The first-order valence-electron chi connectivity index (χ1n) is 5.69. The lowest BCUT2D eigenvalue weighted by Gasteiger charge is -2.18. The molecule has 1 N–H and O–H groups in total. The van der Waals surface area contributed by atoms with E-state index >= 15 is 0 Å². The van der Waals surface area contributed by atoms with Crippen LogP contribution in [0.3, 0.4) is 0 Å². The fourth-order valence-electron chi connectivity index (χ4n) is 1.66. The highest BCUT2D eigenvalue weighted by molar-refractivity contribution is 9.10. The minimum Gasteiger partial charge on any atom is -0.207 e. The maximum atomic E-state index is 12.2. The number of alkyl halides is 1. The Hall–Kier alpha value is -0.100. The van der Waals surface area contributed by atoms with Crippen molar-refractivity contribution in [3.63, 3.8) is 0 Å². The molecule has 1 aromatic carbocycles. The third-order valence-corrected chi connectivity index (χ3v) is 5.30. The fourth-order valence-corrected chi connectivity index (χ4v) is 4.20. The van der Waals surface area contributed by atoms with Gasteiger partial charge in [-0.25, -0.2) is 13.1 Å². The highest BCUT2D eigenvalue weighted by atomic mass is 79.9. The maximum Gasteiger partial charge on any atom is 0.241 e. The number of sulfonamides is 1. The molecule has 3 nitrogen and oxygen atoms in total. The van der Waals surface area contributed by atoms with Gasteiger partial charge >= 0.3 is 0 Å². The SMILES string of the molecule is CC(C)CC(CCl)NS(=O)(=O)c1ccccc1Br. The normalized spacial score (nSPS) is 13.8. The Kier molecular flexibility index (Phi) is 6.11. The van der Waals surface area contributed by atoms with Crippen LogP contribution in [0.4, 0.5) is 0 Å². The zero-order chi connectivity index (χ0) is 13.8. The summed E-state index contributed by atoms with van der Waals surface area (Å²) in [7, 11) is -3.53. The molecule has 0 saturated heterocycles. The number of hydrogen-bond acceptors (Lipinski definition) is 2. The molecule has 0 fully saturated rings. The van der Waals surface area contributed by atoms with Crippen LogP contribution >= 0.6 is 27.5 Å². The Morgan fingerprint density at radius 3 is 2.44 bits per heavy atom. The maximum absolute atomic E-state index is 12.2. The van der Waals surface area contributed by atoms with Crippen molar-refractivity contribution in [1.82, 2.24) is 4.72 Å². The highest BCUT2D eigenvalue weighted by Gasteiger charge is 2.22. The van der Waals surface area contributed by atoms with Crippen LogP contribution in [0.5, 0.6) is 0 Å². The smallest absolute Gasteiger partial charge is 0.207 e. The molecule has 0 heterocycles. The Morgan fingerprint density at radius 2 is 1.94 bits per heavy atom. The van der Waals surface area contributed by atoms with Gasteiger partial charge in [-0.2, -0.15) is 0 Å². The van der Waals surface area contributed by atoms with E-state index in [0.717, 1.165) is 0 Å². The summed E-state index contributed by atoms with van der Waals surface area (Å²) in [5, 5.41) is 0. The summed E-state index contributed by atoms with van der Waals surface area (Å²) in [6.07, 6.45) is 0.715. The Balaban J connectivity index is 2.91. The van der Waals surface area contributed by atoms with E-state index in [1.807, 2.05) is 13.8 Å². The van der Waals surface area contributed by atoms with E-state index in [2.05, 4.69) is 20.7 Å². The summed E-state index contributed by atoms with van der Waals surface area (Å²) < 4.78 is 27.6. The van der Waals surface area contributed by atoms with Crippen molar-refractivity contribution in [3.8, 4) is 0 Å². The minimum absolute atomic E-state index is 0.240. The quantitative estimate of drug-likeness (QED) is 0.796. The molecule has 102 valence electrons. The highest BCUT2D eigenvalue weighted by Crippen LogP contribution is 2.21. The molecule has 1 aromatic rings. The third-order valence-electron chi connectivity index (χ3n) is 2.39. The predicted molar refractivity (Wildman–Crippen MR) is 78.4 cm³/mol. The average molecular weight is 355 g/mol. The van der Waals surface area contributed by atoms with E-state index in [0.29, 0.717) is 16.8 Å². The predicted octanol–water partition coefficient (Wildman–Crippen LogP) is 3.38. The van der Waals surface area contributed by atoms with Gasteiger partial charge in [-0.15, -0.1) is 11.6 Å². The lowest BCUT2D eigenvalue weighted by atomic mass is 10.1. The van der Waals surface area contributed by atoms with Gasteiger partial charge in [-0.05, 0) is 40.4 Å². The first kappa shape index (κ1) is 16.0. The second-order valence-electron chi connectivity index (χ2n) is 4.53. The summed E-state index contributed by atoms with van der Waals surface area (Å²) in [6, 6.07) is 6.48. The fraction of sp³-hybridized carbons (Fsp3) is 0.500. The van der Waals surface area contributed by atoms with Gasteiger partial charge in [0.1, 0.15) is 0 Å². The van der Waals surface area contributed by atoms with E-state index in [1.54, 1.807) is 24.3 Å². The molecular weight excluding hydrogens is 338 g/mol. The van der Waals surface area contributed by atoms with Crippen molar-refractivity contribution in [2.75, 3.05) is 5.88 Å². The van der Waals surface area contributed by atoms with Crippen molar-refractivity contribution in [3.05, 3.63) is 28.7 Å². The molecule has 6 heteroatoms. The third kappa shape index (κ3) is 4.53. The Bertz CT molecular complexity index is 491. The first-order chi connectivity index (χ1) is 8.36. The topological polar surface area (TPSA) is 46.2 Å². The van der Waals surface area contributed by atoms with Crippen molar-refractivity contribution in [2.45, 2.75) is 31.2 Å². The largest absolute Gasteiger partial charge is 0.241 e. The standard InChI is InChI=1S/C12H17BrClNO2S/c1-9(2)7-10(8-14)15-18(16,17)12-6-4-3-5-11(12)13/h3-6,9-10,15H,7-8H2,1-2H3. The molecule has 0 amide bonds. The van der Waals surface area contributed by atoms with Gasteiger partial charge < -0.3 is 0 Å². The molecule has 0 spiro atoms. The number of benzene rings is 1. The lowest BCUT2D eigenvalue weighted by molar-refractivity contribution is 0.485. The van der Waals surface area contributed by atoms with E-state index in [9.17, 15) is 8.42 Å². The Morgan fingerprint density at radius 1 is 1.33 bits per heavy atom. The molecule has 1 rings (SSSR count). The zero-order valence-corrected chi connectivity index (χ0v) is 13.5. The van der Waals surface area contributed by atoms with Crippen molar-refractivity contribution >= 4 is 37.6 Å². The molecule has 0 aliphatic rings. The van der Waals surface area contributed by atoms with Crippen LogP contribution in [0.25, 0.3) is 0 Å². The van der Waals surface area contributed by atoms with E-state index < -0.39 is 10.0 Å². The number of nitrogens with one attached hydrogen (secondary N) is 1. The van der Waals surface area contributed by atoms with Gasteiger partial charge in [-0.3, -0.25) is 0 Å². The van der Waals surface area contributed by atoms with Gasteiger partial charge in [0.2, 0.25) is 10.0 Å². The molecule has 0 radical (unpaired) electrons. The van der Waals surface area contributed by atoms with Gasteiger partial charge in [0.05, 0.1) is 4.90 Å². The molecule has 0 aliphatic heterocycles. The van der Waals surface area contributed by atoms with Crippen LogP contribution in [-0.4, -0.2) is 20.3 Å². The monoisotopic (exact) mass is 353 g/mol. The molecule has 0 aromatic heterocycles. The van der Waals surface area contributed by atoms with Crippen LogP contribution in [0.1, 0.15) is 20.3 Å². The van der Waals surface area contributed by atoms with Crippen molar-refractivity contribution < 1.29 is 8.42 Å². The van der Waals surface area contributed by atoms with Gasteiger partial charge in [0.15, 0.2) is 0 Å². The molecule has 18 heavy (non-hydrogen) atoms.